The molecule has 0 aromatic rings. The third kappa shape index (κ3) is 3.29. The highest BCUT2D eigenvalue weighted by Gasteiger charge is 2.28. The highest BCUT2D eigenvalue weighted by Crippen LogP contribution is 2.23. The number of likely N-dealkylation sites (N-methyl/N-ethyl adjacent to an activating group) is 2. The van der Waals surface area contributed by atoms with Crippen molar-refractivity contribution in [2.45, 2.75) is 45.1 Å². The van der Waals surface area contributed by atoms with E-state index in [1.807, 2.05) is 0 Å². The van der Waals surface area contributed by atoms with E-state index < -0.39 is 0 Å². The molecule has 0 amide bonds. The fraction of sp³-hybridized carbons (Fsp3) is 0.929. The van der Waals surface area contributed by atoms with Crippen molar-refractivity contribution in [2.75, 3.05) is 33.2 Å². The molecule has 0 aromatic carbocycles. The van der Waals surface area contributed by atoms with Crippen molar-refractivity contribution in [1.29, 1.82) is 0 Å². The van der Waals surface area contributed by atoms with E-state index in [0.29, 0.717) is 11.7 Å². The standard InChI is InChI=1S/C14H26N2O/c1-3-16-9-5-7-13(16)11-15(2)10-12-6-4-8-14(12)17/h12-13H,3-11H2,1-2H3. The third-order valence-corrected chi connectivity index (χ3v) is 4.39. The van der Waals surface area contributed by atoms with Crippen LogP contribution >= 0.6 is 0 Å². The van der Waals surface area contributed by atoms with Crippen molar-refractivity contribution in [1.82, 2.24) is 9.80 Å². The first-order valence-corrected chi connectivity index (χ1v) is 7.16. The number of ketones is 1. The maximum atomic E-state index is 11.6. The van der Waals surface area contributed by atoms with Crippen LogP contribution in [0.15, 0.2) is 0 Å². The molecule has 98 valence electrons. The van der Waals surface area contributed by atoms with Crippen LogP contribution in [0.4, 0.5) is 0 Å². The molecule has 2 fully saturated rings. The molecule has 2 rings (SSSR count). The Morgan fingerprint density at radius 1 is 1.29 bits per heavy atom. The van der Waals surface area contributed by atoms with Crippen LogP contribution in [0.3, 0.4) is 0 Å². The molecule has 1 saturated heterocycles. The molecule has 1 saturated carbocycles. The number of Topliss-reactive ketones (excluding diaryl/α,β-unsaturated/α-hetero) is 1. The lowest BCUT2D eigenvalue weighted by Gasteiger charge is -2.28. The summed E-state index contributed by atoms with van der Waals surface area (Å²) in [6.45, 7) is 6.79. The number of nitrogens with zero attached hydrogens (tertiary/aromatic N) is 2. The normalized spacial score (nSPS) is 30.6. The van der Waals surface area contributed by atoms with Crippen molar-refractivity contribution in [3.05, 3.63) is 0 Å². The minimum atomic E-state index is 0.330. The highest BCUT2D eigenvalue weighted by atomic mass is 16.1. The lowest BCUT2D eigenvalue weighted by atomic mass is 10.1. The van der Waals surface area contributed by atoms with E-state index in [1.54, 1.807) is 0 Å². The second kappa shape index (κ2) is 5.96. The molecule has 0 spiro atoms. The Kier molecular flexibility index (Phi) is 4.57. The molecular formula is C14H26N2O. The maximum absolute atomic E-state index is 11.6. The fourth-order valence-corrected chi connectivity index (χ4v) is 3.41. The Morgan fingerprint density at radius 2 is 2.12 bits per heavy atom. The molecular weight excluding hydrogens is 212 g/mol. The SMILES string of the molecule is CCN1CCCC1CN(C)CC1CCCC1=O. The van der Waals surface area contributed by atoms with Crippen molar-refractivity contribution in [3.8, 4) is 0 Å². The van der Waals surface area contributed by atoms with Gasteiger partial charge < -0.3 is 4.90 Å². The van der Waals surface area contributed by atoms with Gasteiger partial charge >= 0.3 is 0 Å². The van der Waals surface area contributed by atoms with Crippen LogP contribution in [0.1, 0.15) is 39.0 Å². The van der Waals surface area contributed by atoms with Gasteiger partial charge in [0, 0.05) is 31.5 Å². The summed E-state index contributed by atoms with van der Waals surface area (Å²) in [5.74, 6) is 0.826. The van der Waals surface area contributed by atoms with Gasteiger partial charge in [-0.25, -0.2) is 0 Å². The van der Waals surface area contributed by atoms with E-state index in [-0.39, 0.29) is 0 Å². The topological polar surface area (TPSA) is 23.6 Å². The van der Waals surface area contributed by atoms with Crippen molar-refractivity contribution in [3.63, 3.8) is 0 Å². The third-order valence-electron chi connectivity index (χ3n) is 4.39. The quantitative estimate of drug-likeness (QED) is 0.729. The number of likely N-dealkylation sites (tertiary alicyclic amines) is 1. The molecule has 2 atom stereocenters. The second-order valence-electron chi connectivity index (χ2n) is 5.70. The Hall–Kier alpha value is -0.410. The van der Waals surface area contributed by atoms with Gasteiger partial charge in [0.1, 0.15) is 5.78 Å². The summed E-state index contributed by atoms with van der Waals surface area (Å²) in [6, 6.07) is 0.724. The lowest BCUT2D eigenvalue weighted by molar-refractivity contribution is -0.121. The summed E-state index contributed by atoms with van der Waals surface area (Å²) in [5.41, 5.74) is 0. The predicted molar refractivity (Wildman–Crippen MR) is 70.1 cm³/mol. The van der Waals surface area contributed by atoms with Gasteiger partial charge in [0.2, 0.25) is 0 Å². The average Bonchev–Trinajstić information content (AvgIpc) is 2.89. The number of rotatable bonds is 5. The van der Waals surface area contributed by atoms with Gasteiger partial charge in [-0.15, -0.1) is 0 Å². The highest BCUT2D eigenvalue weighted by molar-refractivity contribution is 5.83. The molecule has 3 nitrogen and oxygen atoms in total. The largest absolute Gasteiger partial charge is 0.304 e. The van der Waals surface area contributed by atoms with E-state index in [0.717, 1.165) is 38.4 Å². The molecule has 0 N–H and O–H groups in total. The van der Waals surface area contributed by atoms with Gasteiger partial charge in [-0.2, -0.15) is 0 Å². The van der Waals surface area contributed by atoms with Crippen molar-refractivity contribution in [2.24, 2.45) is 5.92 Å². The second-order valence-corrected chi connectivity index (χ2v) is 5.70. The van der Waals surface area contributed by atoms with Gasteiger partial charge in [0.15, 0.2) is 0 Å². The van der Waals surface area contributed by atoms with Gasteiger partial charge in [-0.1, -0.05) is 6.92 Å². The molecule has 1 heterocycles. The van der Waals surface area contributed by atoms with Gasteiger partial charge in [0.25, 0.3) is 0 Å². The summed E-state index contributed by atoms with van der Waals surface area (Å²) in [6.07, 6.45) is 5.72. The summed E-state index contributed by atoms with van der Waals surface area (Å²) >= 11 is 0. The Bertz CT molecular complexity index is 267. The smallest absolute Gasteiger partial charge is 0.137 e. The Balaban J connectivity index is 1.76. The van der Waals surface area contributed by atoms with Crippen LogP contribution in [-0.4, -0.2) is 54.9 Å². The molecule has 0 radical (unpaired) electrons. The van der Waals surface area contributed by atoms with E-state index in [9.17, 15) is 4.79 Å². The van der Waals surface area contributed by atoms with E-state index in [4.69, 9.17) is 0 Å². The zero-order valence-corrected chi connectivity index (χ0v) is 11.3. The van der Waals surface area contributed by atoms with Crippen LogP contribution in [0, 0.1) is 5.92 Å². The minimum absolute atomic E-state index is 0.330. The molecule has 3 heteroatoms. The first kappa shape index (κ1) is 13.0. The van der Waals surface area contributed by atoms with Crippen molar-refractivity contribution >= 4 is 5.78 Å². The Labute approximate surface area is 105 Å². The van der Waals surface area contributed by atoms with E-state index in [1.165, 1.54) is 25.9 Å². The van der Waals surface area contributed by atoms with E-state index in [2.05, 4.69) is 23.8 Å². The average molecular weight is 238 g/mol. The maximum Gasteiger partial charge on any atom is 0.137 e. The summed E-state index contributed by atoms with van der Waals surface area (Å²) in [7, 11) is 2.18. The summed E-state index contributed by atoms with van der Waals surface area (Å²) < 4.78 is 0. The van der Waals surface area contributed by atoms with Crippen LogP contribution in [0.2, 0.25) is 0 Å². The number of hydrogen-bond donors (Lipinski definition) is 0. The molecule has 2 aliphatic rings. The number of carbonyl (C=O) groups is 1. The Morgan fingerprint density at radius 3 is 2.76 bits per heavy atom. The van der Waals surface area contributed by atoms with Gasteiger partial charge in [-0.05, 0) is 45.8 Å². The predicted octanol–water partition coefficient (Wildman–Crippen LogP) is 1.77. The monoisotopic (exact) mass is 238 g/mol. The fourth-order valence-electron chi connectivity index (χ4n) is 3.41. The molecule has 1 aliphatic heterocycles. The number of carbonyl (C=O) groups excluding carboxylic acids is 1. The van der Waals surface area contributed by atoms with Gasteiger partial charge in [-0.3, -0.25) is 9.69 Å². The number of hydrogen-bond acceptors (Lipinski definition) is 3. The van der Waals surface area contributed by atoms with E-state index >= 15 is 0 Å². The minimum Gasteiger partial charge on any atom is -0.304 e. The summed E-state index contributed by atoms with van der Waals surface area (Å²) in [5, 5.41) is 0. The molecule has 17 heavy (non-hydrogen) atoms. The molecule has 2 unspecified atom stereocenters. The zero-order valence-electron chi connectivity index (χ0n) is 11.3. The van der Waals surface area contributed by atoms with Crippen LogP contribution in [0.5, 0.6) is 0 Å². The molecule has 1 aliphatic carbocycles. The van der Waals surface area contributed by atoms with Crippen LogP contribution in [-0.2, 0) is 4.79 Å². The van der Waals surface area contributed by atoms with Crippen molar-refractivity contribution < 1.29 is 4.79 Å². The molecule has 0 bridgehead atoms. The lowest BCUT2D eigenvalue weighted by Crippen LogP contribution is -2.40. The van der Waals surface area contributed by atoms with Crippen LogP contribution < -0.4 is 0 Å². The van der Waals surface area contributed by atoms with Gasteiger partial charge in [0.05, 0.1) is 0 Å². The first-order valence-electron chi connectivity index (χ1n) is 7.16. The zero-order chi connectivity index (χ0) is 12.3. The summed E-state index contributed by atoms with van der Waals surface area (Å²) in [4.78, 5) is 16.6. The van der Waals surface area contributed by atoms with Crippen LogP contribution in [0.25, 0.3) is 0 Å². The molecule has 0 aromatic heterocycles. The first-order chi connectivity index (χ1) is 8.20.